The zero-order valence-electron chi connectivity index (χ0n) is 59.7. The van der Waals surface area contributed by atoms with E-state index in [9.17, 15) is 43.2 Å². The summed E-state index contributed by atoms with van der Waals surface area (Å²) in [6.45, 7) is 7.19. The van der Waals surface area contributed by atoms with Gasteiger partial charge in [-0.3, -0.25) is 37.3 Å². The van der Waals surface area contributed by atoms with Gasteiger partial charge in [-0.05, 0) is 31.6 Å². The molecule has 0 aliphatic rings. The van der Waals surface area contributed by atoms with Crippen molar-refractivity contribution in [3.05, 3.63) is 0 Å². The number of unbranched alkanes of at least 4 members (excludes halogenated alkanes) is 45. The molecule has 0 radical (unpaired) electrons. The molecule has 0 saturated carbocycles. The Morgan fingerprint density at radius 2 is 0.500 bits per heavy atom. The van der Waals surface area contributed by atoms with E-state index in [0.717, 1.165) is 102 Å². The molecule has 0 bridgehead atoms. The average molecular weight is 1350 g/mol. The monoisotopic (exact) mass is 1350 g/mol. The van der Waals surface area contributed by atoms with E-state index in [0.29, 0.717) is 25.7 Å². The lowest BCUT2D eigenvalue weighted by Gasteiger charge is -2.21. The second kappa shape index (κ2) is 66.3. The van der Waals surface area contributed by atoms with Crippen LogP contribution in [0.3, 0.4) is 0 Å². The molecule has 19 heteroatoms. The van der Waals surface area contributed by atoms with Gasteiger partial charge in [-0.1, -0.05) is 330 Å². The van der Waals surface area contributed by atoms with Crippen molar-refractivity contribution in [3.63, 3.8) is 0 Å². The maximum absolute atomic E-state index is 13.1. The van der Waals surface area contributed by atoms with Crippen LogP contribution in [0.5, 0.6) is 0 Å². The fourth-order valence-corrected chi connectivity index (χ4v) is 12.8. The first-order valence-corrected chi connectivity index (χ1v) is 41.1. The summed E-state index contributed by atoms with van der Waals surface area (Å²) in [7, 11) is -9.89. The van der Waals surface area contributed by atoms with Crippen LogP contribution in [0.15, 0.2) is 0 Å². The first-order valence-electron chi connectivity index (χ1n) is 38.1. The summed E-state index contributed by atoms with van der Waals surface area (Å²) in [5, 5.41) is 10.6. The minimum absolute atomic E-state index is 0.105. The lowest BCUT2D eigenvalue weighted by atomic mass is 10.0. The molecular weight excluding hydrogens is 1210 g/mol. The quantitative estimate of drug-likeness (QED) is 0.0222. The molecule has 0 amide bonds. The number of hydrogen-bond acceptors (Lipinski definition) is 15. The molecule has 2 unspecified atom stereocenters. The molecule has 0 aliphatic heterocycles. The number of carbonyl (C=O) groups excluding carboxylic acids is 4. The highest BCUT2D eigenvalue weighted by Crippen LogP contribution is 2.45. The molecule has 0 aliphatic carbocycles. The number of aliphatic hydroxyl groups is 1. The number of phosphoric acid groups is 2. The average Bonchev–Trinajstić information content (AvgIpc) is 1.37. The van der Waals surface area contributed by atoms with E-state index >= 15 is 0 Å². The van der Waals surface area contributed by atoms with E-state index in [2.05, 4.69) is 34.6 Å². The van der Waals surface area contributed by atoms with Gasteiger partial charge in [0.25, 0.3) is 0 Å². The third kappa shape index (κ3) is 66.7. The molecule has 5 atom stereocenters. The maximum atomic E-state index is 13.1. The Kier molecular flexibility index (Phi) is 64.9. The second-order valence-corrected chi connectivity index (χ2v) is 29.7. The van der Waals surface area contributed by atoms with Gasteiger partial charge in [0.1, 0.15) is 19.3 Å². The van der Waals surface area contributed by atoms with Crippen LogP contribution in [0.1, 0.15) is 381 Å². The van der Waals surface area contributed by atoms with Gasteiger partial charge in [-0.15, -0.1) is 0 Å². The van der Waals surface area contributed by atoms with Crippen molar-refractivity contribution in [2.75, 3.05) is 39.6 Å². The minimum Gasteiger partial charge on any atom is -0.462 e. The van der Waals surface area contributed by atoms with E-state index in [1.165, 1.54) is 199 Å². The predicted molar refractivity (Wildman–Crippen MR) is 372 cm³/mol. The van der Waals surface area contributed by atoms with Crippen molar-refractivity contribution in [1.29, 1.82) is 0 Å². The molecule has 0 spiro atoms. The Balaban J connectivity index is 5.11. The summed E-state index contributed by atoms with van der Waals surface area (Å²) >= 11 is 0. The Labute approximate surface area is 562 Å². The second-order valence-electron chi connectivity index (χ2n) is 26.8. The highest BCUT2D eigenvalue weighted by Gasteiger charge is 2.30. The molecule has 0 aromatic heterocycles. The summed E-state index contributed by atoms with van der Waals surface area (Å²) in [6.07, 6.45) is 54.7. The first kappa shape index (κ1) is 90.1. The molecule has 3 N–H and O–H groups in total. The Bertz CT molecular complexity index is 1770. The molecule has 0 fully saturated rings. The van der Waals surface area contributed by atoms with Gasteiger partial charge in [0, 0.05) is 25.7 Å². The van der Waals surface area contributed by atoms with Gasteiger partial charge in [0.05, 0.1) is 26.4 Å². The fraction of sp³-hybridized carbons (Fsp3) is 0.945. The van der Waals surface area contributed by atoms with Gasteiger partial charge in [0.15, 0.2) is 12.2 Å². The zero-order chi connectivity index (χ0) is 67.7. The first-order chi connectivity index (χ1) is 44.5. The van der Waals surface area contributed by atoms with Crippen LogP contribution in [-0.4, -0.2) is 96.7 Å². The predicted octanol–water partition coefficient (Wildman–Crippen LogP) is 21.3. The number of ether oxygens (including phenoxy) is 4. The van der Waals surface area contributed by atoms with E-state index in [-0.39, 0.29) is 25.7 Å². The van der Waals surface area contributed by atoms with Gasteiger partial charge in [-0.25, -0.2) is 9.13 Å². The molecule has 92 heavy (non-hydrogen) atoms. The lowest BCUT2D eigenvalue weighted by molar-refractivity contribution is -0.161. The fourth-order valence-electron chi connectivity index (χ4n) is 11.2. The molecule has 0 saturated heterocycles. The lowest BCUT2D eigenvalue weighted by Crippen LogP contribution is -2.30. The van der Waals surface area contributed by atoms with E-state index in [1.807, 2.05) is 0 Å². The van der Waals surface area contributed by atoms with Crippen molar-refractivity contribution in [2.24, 2.45) is 5.92 Å². The van der Waals surface area contributed by atoms with E-state index in [1.54, 1.807) is 0 Å². The third-order valence-electron chi connectivity index (χ3n) is 17.0. The van der Waals surface area contributed by atoms with Crippen molar-refractivity contribution < 1.29 is 80.2 Å². The molecule has 546 valence electrons. The van der Waals surface area contributed by atoms with Crippen LogP contribution in [0.2, 0.25) is 0 Å². The number of rotatable bonds is 73. The van der Waals surface area contributed by atoms with Crippen LogP contribution >= 0.6 is 15.6 Å². The largest absolute Gasteiger partial charge is 0.472 e. The van der Waals surface area contributed by atoms with Crippen molar-refractivity contribution >= 4 is 39.5 Å². The minimum atomic E-state index is -4.95. The van der Waals surface area contributed by atoms with Crippen LogP contribution in [0.25, 0.3) is 0 Å². The van der Waals surface area contributed by atoms with Crippen molar-refractivity contribution in [1.82, 2.24) is 0 Å². The molecular formula is C73H142O17P2. The third-order valence-corrected chi connectivity index (χ3v) is 18.9. The molecule has 0 aromatic rings. The van der Waals surface area contributed by atoms with Crippen molar-refractivity contribution in [2.45, 2.75) is 400 Å². The summed E-state index contributed by atoms with van der Waals surface area (Å²) in [4.78, 5) is 72.3. The Morgan fingerprint density at radius 3 is 0.739 bits per heavy atom. The number of esters is 4. The smallest absolute Gasteiger partial charge is 0.462 e. The molecule has 0 rings (SSSR count). The van der Waals surface area contributed by atoms with Gasteiger partial charge in [-0.2, -0.15) is 0 Å². The summed E-state index contributed by atoms with van der Waals surface area (Å²) in [6, 6.07) is 0. The zero-order valence-corrected chi connectivity index (χ0v) is 61.5. The van der Waals surface area contributed by atoms with Crippen LogP contribution < -0.4 is 0 Å². The Hall–Kier alpha value is -1.94. The van der Waals surface area contributed by atoms with Crippen molar-refractivity contribution in [3.8, 4) is 0 Å². The SMILES string of the molecule is CCCCCCCCCCCCCCCCCCCCCCC(=O)O[C@H](COC(=O)CCCCCCCCCCCCCCCCCC(C)C)COP(=O)(O)OC[C@@H](O)COP(=O)(O)OC[C@@H](COC(=O)CCCCCCC)OC(=O)CCCCCCCCCCC. The summed E-state index contributed by atoms with van der Waals surface area (Å²) in [5.41, 5.74) is 0. The normalized spacial score (nSPS) is 14.0. The van der Waals surface area contributed by atoms with E-state index in [4.69, 9.17) is 37.0 Å². The number of hydrogen-bond donors (Lipinski definition) is 3. The summed E-state index contributed by atoms with van der Waals surface area (Å²) < 4.78 is 68.1. The Morgan fingerprint density at radius 1 is 0.293 bits per heavy atom. The topological polar surface area (TPSA) is 237 Å². The number of phosphoric ester groups is 2. The highest BCUT2D eigenvalue weighted by molar-refractivity contribution is 7.47. The standard InChI is InChI=1S/C73H142O17P2/c1-6-9-12-15-17-19-20-21-22-23-24-25-26-29-33-36-40-44-49-54-59-73(78)90-69(63-84-71(76)57-52-47-42-39-35-32-30-27-28-31-34-38-41-46-50-55-66(4)5)65-88-92(81,82)86-61-67(74)60-85-91(79,80)87-64-68(62-83-70(75)56-51-45-14-11-8-3)89-72(77)58-53-48-43-37-18-16-13-10-7-2/h66-69,74H,6-65H2,1-5H3,(H,79,80)(H,81,82)/t67-,68+,69+/m0/s1. The van der Waals surface area contributed by atoms with Crippen LogP contribution in [0.4, 0.5) is 0 Å². The van der Waals surface area contributed by atoms with Gasteiger partial charge in [0.2, 0.25) is 0 Å². The number of carbonyl (C=O) groups is 4. The van der Waals surface area contributed by atoms with Gasteiger partial charge >= 0.3 is 39.5 Å². The molecule has 0 aromatic carbocycles. The molecule has 0 heterocycles. The summed E-state index contributed by atoms with van der Waals surface area (Å²) in [5.74, 6) is -1.33. The van der Waals surface area contributed by atoms with E-state index < -0.39 is 97.5 Å². The number of aliphatic hydroxyl groups excluding tert-OH is 1. The van der Waals surface area contributed by atoms with Gasteiger partial charge < -0.3 is 33.8 Å². The maximum Gasteiger partial charge on any atom is 0.472 e. The van der Waals surface area contributed by atoms with Crippen LogP contribution in [-0.2, 0) is 65.4 Å². The molecule has 17 nitrogen and oxygen atoms in total. The van der Waals surface area contributed by atoms with Crippen LogP contribution in [0, 0.1) is 5.92 Å². The highest BCUT2D eigenvalue weighted by atomic mass is 31.2.